The molecule has 0 saturated carbocycles. The summed E-state index contributed by atoms with van der Waals surface area (Å²) in [6.07, 6.45) is 2.34. The molecule has 2 aliphatic rings. The number of hydrogen-bond donors (Lipinski definition) is 1. The molecule has 0 aliphatic carbocycles. The SMILES string of the molecule is CCC1=NN2C(=N)/C(=C\c3ccc(OCCSc4ccc(Cl)cc4)c(OC)c3)C(=O)N=C2S1. The molecule has 0 bridgehead atoms. The third-order valence-electron chi connectivity index (χ3n) is 4.72. The maximum absolute atomic E-state index is 12.5. The van der Waals surface area contributed by atoms with Gasteiger partial charge >= 0.3 is 0 Å². The Morgan fingerprint density at radius 1 is 1.21 bits per heavy atom. The van der Waals surface area contributed by atoms with E-state index in [9.17, 15) is 4.79 Å². The van der Waals surface area contributed by atoms with Gasteiger partial charge in [0.1, 0.15) is 5.04 Å². The molecule has 1 N–H and O–H groups in total. The summed E-state index contributed by atoms with van der Waals surface area (Å²) < 4.78 is 11.4. The fraction of sp³-hybridized carbons (Fsp3) is 0.217. The lowest BCUT2D eigenvalue weighted by molar-refractivity contribution is -0.114. The summed E-state index contributed by atoms with van der Waals surface area (Å²) in [5.41, 5.74) is 0.878. The molecule has 0 fully saturated rings. The largest absolute Gasteiger partial charge is 0.493 e. The van der Waals surface area contributed by atoms with Gasteiger partial charge < -0.3 is 9.47 Å². The number of amides is 1. The van der Waals surface area contributed by atoms with Crippen molar-refractivity contribution >= 4 is 63.2 Å². The van der Waals surface area contributed by atoms with Crippen molar-refractivity contribution in [2.75, 3.05) is 19.5 Å². The van der Waals surface area contributed by atoms with Gasteiger partial charge in [0, 0.05) is 15.7 Å². The molecule has 10 heteroatoms. The number of halogens is 1. The van der Waals surface area contributed by atoms with Gasteiger partial charge in [-0.3, -0.25) is 10.2 Å². The molecule has 2 aromatic carbocycles. The Morgan fingerprint density at radius 3 is 2.73 bits per heavy atom. The Kier molecular flexibility index (Phi) is 7.42. The topological polar surface area (TPSA) is 87.3 Å². The normalized spacial score (nSPS) is 16.6. The van der Waals surface area contributed by atoms with Crippen LogP contribution in [0.25, 0.3) is 6.08 Å². The number of nitrogens with zero attached hydrogens (tertiary/aromatic N) is 3. The van der Waals surface area contributed by atoms with Gasteiger partial charge in [-0.1, -0.05) is 24.6 Å². The van der Waals surface area contributed by atoms with E-state index in [1.54, 1.807) is 37.1 Å². The Balaban J connectivity index is 1.43. The number of amidine groups is 2. The first kappa shape index (κ1) is 23.4. The highest BCUT2D eigenvalue weighted by Gasteiger charge is 2.35. The maximum atomic E-state index is 12.5. The van der Waals surface area contributed by atoms with E-state index in [0.29, 0.717) is 33.9 Å². The lowest BCUT2D eigenvalue weighted by Gasteiger charge is -2.20. The summed E-state index contributed by atoms with van der Waals surface area (Å²) in [4.78, 5) is 17.7. The van der Waals surface area contributed by atoms with E-state index in [4.69, 9.17) is 26.5 Å². The molecule has 0 saturated heterocycles. The first-order chi connectivity index (χ1) is 16.0. The average molecular weight is 501 g/mol. The fourth-order valence-electron chi connectivity index (χ4n) is 3.08. The van der Waals surface area contributed by atoms with Gasteiger partial charge in [0.2, 0.25) is 5.17 Å². The Morgan fingerprint density at radius 2 is 2.00 bits per heavy atom. The Labute approximate surface area is 205 Å². The number of aliphatic imine (C=N–C) groups is 1. The quantitative estimate of drug-likeness (QED) is 0.290. The summed E-state index contributed by atoms with van der Waals surface area (Å²) >= 11 is 8.91. The van der Waals surface area contributed by atoms with Gasteiger partial charge in [-0.25, -0.2) is 0 Å². The van der Waals surface area contributed by atoms with Crippen LogP contribution in [0.3, 0.4) is 0 Å². The smallest absolute Gasteiger partial charge is 0.283 e. The number of nitrogens with one attached hydrogen (secondary N) is 1. The van der Waals surface area contributed by atoms with Crippen LogP contribution in [0.2, 0.25) is 5.02 Å². The molecular weight excluding hydrogens is 480 g/mol. The zero-order valence-corrected chi connectivity index (χ0v) is 20.4. The van der Waals surface area contributed by atoms with Crippen LogP contribution in [0.15, 0.2) is 63.0 Å². The molecule has 0 aromatic heterocycles. The van der Waals surface area contributed by atoms with Crippen molar-refractivity contribution in [3.8, 4) is 11.5 Å². The lowest BCUT2D eigenvalue weighted by Crippen LogP contribution is -2.35. The number of hydrazone groups is 1. The molecule has 7 nitrogen and oxygen atoms in total. The number of rotatable bonds is 8. The van der Waals surface area contributed by atoms with Crippen molar-refractivity contribution in [2.45, 2.75) is 18.2 Å². The second kappa shape index (κ2) is 10.5. The second-order valence-corrected chi connectivity index (χ2v) is 9.57. The Hall–Kier alpha value is -2.75. The van der Waals surface area contributed by atoms with Crippen molar-refractivity contribution in [1.29, 1.82) is 5.41 Å². The van der Waals surface area contributed by atoms with Gasteiger partial charge in [-0.2, -0.15) is 15.1 Å². The number of ether oxygens (including phenoxy) is 2. The molecule has 2 heterocycles. The zero-order valence-electron chi connectivity index (χ0n) is 18.0. The summed E-state index contributed by atoms with van der Waals surface area (Å²) in [6.45, 7) is 2.47. The third kappa shape index (κ3) is 5.43. The number of thioether (sulfide) groups is 2. The second-order valence-electron chi connectivity index (χ2n) is 6.93. The highest BCUT2D eigenvalue weighted by molar-refractivity contribution is 8.26. The number of fused-ring (bicyclic) bond motifs is 1. The fourth-order valence-corrected chi connectivity index (χ4v) is 4.76. The summed E-state index contributed by atoms with van der Waals surface area (Å²) in [5, 5.41) is 16.2. The number of methoxy groups -OCH3 is 1. The van der Waals surface area contributed by atoms with Crippen LogP contribution in [-0.2, 0) is 4.79 Å². The van der Waals surface area contributed by atoms with Crippen LogP contribution in [-0.4, -0.2) is 46.4 Å². The highest BCUT2D eigenvalue weighted by atomic mass is 35.5. The highest BCUT2D eigenvalue weighted by Crippen LogP contribution is 2.32. The van der Waals surface area contributed by atoms with Crippen LogP contribution in [0, 0.1) is 5.41 Å². The van der Waals surface area contributed by atoms with Gasteiger partial charge in [0.25, 0.3) is 5.91 Å². The van der Waals surface area contributed by atoms with E-state index >= 15 is 0 Å². The molecule has 1 amide bonds. The molecule has 4 rings (SSSR count). The van der Waals surface area contributed by atoms with E-state index in [1.807, 2.05) is 37.3 Å². The molecule has 2 aromatic rings. The number of hydrogen-bond acceptors (Lipinski definition) is 7. The number of carbonyl (C=O) groups is 1. The van der Waals surface area contributed by atoms with E-state index in [-0.39, 0.29) is 11.4 Å². The maximum Gasteiger partial charge on any atom is 0.283 e. The van der Waals surface area contributed by atoms with Crippen molar-refractivity contribution in [2.24, 2.45) is 10.1 Å². The Bertz CT molecular complexity index is 1180. The van der Waals surface area contributed by atoms with Crippen LogP contribution in [0.1, 0.15) is 18.9 Å². The lowest BCUT2D eigenvalue weighted by atomic mass is 10.1. The van der Waals surface area contributed by atoms with E-state index in [0.717, 1.165) is 22.1 Å². The van der Waals surface area contributed by atoms with Crippen molar-refractivity contribution < 1.29 is 14.3 Å². The van der Waals surface area contributed by atoms with E-state index in [1.165, 1.54) is 16.8 Å². The zero-order chi connectivity index (χ0) is 23.4. The van der Waals surface area contributed by atoms with Crippen LogP contribution >= 0.6 is 35.1 Å². The van der Waals surface area contributed by atoms with Crippen molar-refractivity contribution in [3.05, 3.63) is 58.6 Å². The standard InChI is InChI=1S/C23H21ClN4O3S2/c1-3-20-27-28-21(25)17(22(29)26-23(28)33-20)12-14-4-9-18(19(13-14)30-2)31-10-11-32-16-7-5-15(24)6-8-16/h4-9,12-13,25H,3,10-11H2,1-2H3/b17-12+,25-21?. The minimum Gasteiger partial charge on any atom is -0.493 e. The first-order valence-corrected chi connectivity index (χ1v) is 12.3. The molecule has 0 radical (unpaired) electrons. The molecular formula is C23H21ClN4O3S2. The monoisotopic (exact) mass is 500 g/mol. The minimum atomic E-state index is -0.454. The molecule has 0 atom stereocenters. The van der Waals surface area contributed by atoms with E-state index < -0.39 is 5.91 Å². The minimum absolute atomic E-state index is 0.0134. The predicted molar refractivity (Wildman–Crippen MR) is 136 cm³/mol. The molecule has 0 unspecified atom stereocenters. The molecule has 2 aliphatic heterocycles. The van der Waals surface area contributed by atoms with Crippen molar-refractivity contribution in [3.63, 3.8) is 0 Å². The molecule has 170 valence electrons. The number of carbonyl (C=O) groups excluding carboxylic acids is 1. The van der Waals surface area contributed by atoms with E-state index in [2.05, 4.69) is 10.1 Å². The van der Waals surface area contributed by atoms with Crippen LogP contribution < -0.4 is 9.47 Å². The summed E-state index contributed by atoms with van der Waals surface area (Å²) in [5.74, 6) is 1.47. The summed E-state index contributed by atoms with van der Waals surface area (Å²) in [7, 11) is 1.56. The summed E-state index contributed by atoms with van der Waals surface area (Å²) in [6, 6.07) is 13.1. The molecule has 0 spiro atoms. The number of benzene rings is 2. The first-order valence-electron chi connectivity index (χ1n) is 10.2. The van der Waals surface area contributed by atoms with Crippen LogP contribution in [0.4, 0.5) is 0 Å². The van der Waals surface area contributed by atoms with Crippen molar-refractivity contribution in [1.82, 2.24) is 5.01 Å². The average Bonchev–Trinajstić information content (AvgIpc) is 3.24. The predicted octanol–water partition coefficient (Wildman–Crippen LogP) is 5.55. The third-order valence-corrected chi connectivity index (χ3v) is 7.00. The van der Waals surface area contributed by atoms with Crippen LogP contribution in [0.5, 0.6) is 11.5 Å². The molecule has 33 heavy (non-hydrogen) atoms. The van der Waals surface area contributed by atoms with Gasteiger partial charge in [-0.15, -0.1) is 11.8 Å². The van der Waals surface area contributed by atoms with Gasteiger partial charge in [0.05, 0.1) is 19.3 Å². The van der Waals surface area contributed by atoms with Gasteiger partial charge in [-0.05, 0) is 66.2 Å². The van der Waals surface area contributed by atoms with Gasteiger partial charge in [0.15, 0.2) is 17.3 Å².